The summed E-state index contributed by atoms with van der Waals surface area (Å²) in [4.78, 5) is 11.5. The largest absolute Gasteiger partial charge is 0.496 e. The molecule has 0 aliphatic carbocycles. The number of carbonyl (C=O) groups excluding carboxylic acids is 1. The van der Waals surface area contributed by atoms with Gasteiger partial charge in [-0.25, -0.2) is 4.79 Å². The van der Waals surface area contributed by atoms with Gasteiger partial charge in [0.15, 0.2) is 4.88 Å². The highest BCUT2D eigenvalue weighted by Crippen LogP contribution is 2.21. The van der Waals surface area contributed by atoms with E-state index in [1.54, 1.807) is 5.38 Å². The number of methoxy groups -OCH3 is 2. The maximum Gasteiger partial charge on any atom is 0.351 e. The molecule has 0 saturated carbocycles. The zero-order valence-electron chi connectivity index (χ0n) is 6.79. The minimum absolute atomic E-state index is 0.395. The van der Waals surface area contributed by atoms with Crippen LogP contribution in [0.1, 0.15) is 9.67 Å². The maximum atomic E-state index is 11.1. The molecular weight excluding hydrogens is 175 g/mol. The first-order chi connectivity index (χ1) is 5.70. The molecular formula is C7H7BO3S. The molecule has 2 radical (unpaired) electrons. The molecule has 0 aliphatic heterocycles. The quantitative estimate of drug-likeness (QED) is 0.488. The van der Waals surface area contributed by atoms with Crippen LogP contribution in [0.5, 0.6) is 5.75 Å². The Labute approximate surface area is 75.7 Å². The summed E-state index contributed by atoms with van der Waals surface area (Å²) in [5.74, 6) is -0.0274. The van der Waals surface area contributed by atoms with Crippen molar-refractivity contribution >= 4 is 30.6 Å². The van der Waals surface area contributed by atoms with Crippen LogP contribution >= 0.6 is 11.3 Å². The Bertz CT molecular complexity index is 295. The van der Waals surface area contributed by atoms with E-state index < -0.39 is 5.97 Å². The Kier molecular flexibility index (Phi) is 2.76. The molecule has 0 spiro atoms. The standard InChI is InChI=1S/C7H7BO3S/c1-10-5-4(8)3-12-6(5)7(9)11-2/h3H,1-2H3. The number of hydrogen-bond donors (Lipinski definition) is 0. The highest BCUT2D eigenvalue weighted by atomic mass is 32.1. The minimum Gasteiger partial charge on any atom is -0.496 e. The molecule has 0 saturated heterocycles. The Hall–Kier alpha value is -0.965. The van der Waals surface area contributed by atoms with Crippen molar-refractivity contribution in [3.8, 4) is 5.75 Å². The van der Waals surface area contributed by atoms with Crippen LogP contribution in [0.4, 0.5) is 0 Å². The van der Waals surface area contributed by atoms with Crippen molar-refractivity contribution in [2.75, 3.05) is 14.2 Å². The average Bonchev–Trinajstić information content (AvgIpc) is 2.45. The van der Waals surface area contributed by atoms with Gasteiger partial charge in [-0.05, 0) is 10.8 Å². The first kappa shape index (κ1) is 9.13. The molecule has 1 heterocycles. The van der Waals surface area contributed by atoms with Gasteiger partial charge in [0.1, 0.15) is 13.6 Å². The van der Waals surface area contributed by atoms with E-state index in [0.29, 0.717) is 16.1 Å². The lowest BCUT2D eigenvalue weighted by atomic mass is 9.99. The summed E-state index contributed by atoms with van der Waals surface area (Å²) in [6, 6.07) is 0. The molecule has 0 atom stereocenters. The fourth-order valence-electron chi connectivity index (χ4n) is 0.805. The monoisotopic (exact) mass is 182 g/mol. The second kappa shape index (κ2) is 3.62. The first-order valence-electron chi connectivity index (χ1n) is 3.20. The van der Waals surface area contributed by atoms with E-state index in [-0.39, 0.29) is 0 Å². The zero-order chi connectivity index (χ0) is 9.14. The minimum atomic E-state index is -0.423. The summed E-state index contributed by atoms with van der Waals surface area (Å²) in [6.45, 7) is 0. The van der Waals surface area contributed by atoms with Crippen LogP contribution < -0.4 is 10.2 Å². The number of esters is 1. The van der Waals surface area contributed by atoms with Gasteiger partial charge >= 0.3 is 5.97 Å². The third-order valence-corrected chi connectivity index (χ3v) is 2.31. The van der Waals surface area contributed by atoms with E-state index in [2.05, 4.69) is 4.74 Å². The first-order valence-corrected chi connectivity index (χ1v) is 4.08. The Morgan fingerprint density at radius 2 is 2.25 bits per heavy atom. The molecule has 0 aromatic carbocycles. The lowest BCUT2D eigenvalue weighted by Crippen LogP contribution is -2.07. The van der Waals surface area contributed by atoms with Gasteiger partial charge in [-0.2, -0.15) is 0 Å². The fraction of sp³-hybridized carbons (Fsp3) is 0.286. The van der Waals surface area contributed by atoms with E-state index in [1.807, 2.05) is 0 Å². The van der Waals surface area contributed by atoms with E-state index in [9.17, 15) is 4.79 Å². The number of hydrogen-bond acceptors (Lipinski definition) is 4. The summed E-state index contributed by atoms with van der Waals surface area (Å²) >= 11 is 1.21. The number of carbonyl (C=O) groups is 1. The van der Waals surface area contributed by atoms with Gasteiger partial charge in [0, 0.05) is 0 Å². The lowest BCUT2D eigenvalue weighted by Gasteiger charge is -2.01. The van der Waals surface area contributed by atoms with Gasteiger partial charge in [0.25, 0.3) is 0 Å². The van der Waals surface area contributed by atoms with E-state index in [0.717, 1.165) is 0 Å². The van der Waals surface area contributed by atoms with Crippen LogP contribution in [0, 0.1) is 0 Å². The highest BCUT2D eigenvalue weighted by Gasteiger charge is 2.16. The highest BCUT2D eigenvalue weighted by molar-refractivity contribution is 7.13. The summed E-state index contributed by atoms with van der Waals surface area (Å²) in [5, 5.41) is 1.64. The van der Waals surface area contributed by atoms with Crippen molar-refractivity contribution in [3.63, 3.8) is 0 Å². The van der Waals surface area contributed by atoms with Crippen molar-refractivity contribution in [3.05, 3.63) is 10.3 Å². The molecule has 0 amide bonds. The van der Waals surface area contributed by atoms with Crippen LogP contribution in [-0.4, -0.2) is 28.0 Å². The number of rotatable bonds is 2. The van der Waals surface area contributed by atoms with Crippen LogP contribution in [0.2, 0.25) is 0 Å². The summed E-state index contributed by atoms with van der Waals surface area (Å²) < 4.78 is 9.45. The van der Waals surface area contributed by atoms with Gasteiger partial charge in [-0.15, -0.1) is 11.3 Å². The van der Waals surface area contributed by atoms with Gasteiger partial charge in [-0.3, -0.25) is 0 Å². The van der Waals surface area contributed by atoms with Gasteiger partial charge in [0.2, 0.25) is 0 Å². The lowest BCUT2D eigenvalue weighted by molar-refractivity contribution is 0.0603. The van der Waals surface area contributed by atoms with Crippen molar-refractivity contribution < 1.29 is 14.3 Å². The van der Waals surface area contributed by atoms with Crippen molar-refractivity contribution in [1.29, 1.82) is 0 Å². The molecule has 0 fully saturated rings. The fourth-order valence-corrected chi connectivity index (χ4v) is 1.64. The topological polar surface area (TPSA) is 35.5 Å². The van der Waals surface area contributed by atoms with Crippen LogP contribution in [0.25, 0.3) is 0 Å². The van der Waals surface area contributed by atoms with E-state index in [1.165, 1.54) is 25.6 Å². The molecule has 1 aromatic heterocycles. The SMILES string of the molecule is [B]c1csc(C(=O)OC)c1OC. The molecule has 12 heavy (non-hydrogen) atoms. The Morgan fingerprint density at radius 3 is 2.75 bits per heavy atom. The van der Waals surface area contributed by atoms with Gasteiger partial charge in [0.05, 0.1) is 14.2 Å². The van der Waals surface area contributed by atoms with Crippen LogP contribution in [0.3, 0.4) is 0 Å². The Balaban J connectivity index is 3.07. The molecule has 0 bridgehead atoms. The van der Waals surface area contributed by atoms with Crippen molar-refractivity contribution in [2.24, 2.45) is 0 Å². The normalized spacial score (nSPS) is 9.50. The predicted octanol–water partition coefficient (Wildman–Crippen LogP) is 0.337. The third kappa shape index (κ3) is 1.45. The molecule has 1 aromatic rings. The smallest absolute Gasteiger partial charge is 0.351 e. The second-order valence-corrected chi connectivity index (χ2v) is 2.92. The molecule has 3 nitrogen and oxygen atoms in total. The summed E-state index contributed by atoms with van der Waals surface area (Å²) in [5.41, 5.74) is 0.461. The number of ether oxygens (including phenoxy) is 2. The summed E-state index contributed by atoms with van der Waals surface area (Å²) in [7, 11) is 8.30. The van der Waals surface area contributed by atoms with Gasteiger partial charge < -0.3 is 9.47 Å². The second-order valence-electron chi connectivity index (χ2n) is 2.04. The number of thiophene rings is 1. The van der Waals surface area contributed by atoms with Crippen molar-refractivity contribution in [1.82, 2.24) is 0 Å². The van der Waals surface area contributed by atoms with Crippen LogP contribution in [-0.2, 0) is 4.74 Å². The van der Waals surface area contributed by atoms with Crippen molar-refractivity contribution in [2.45, 2.75) is 0 Å². The summed E-state index contributed by atoms with van der Waals surface area (Å²) in [6.07, 6.45) is 0. The zero-order valence-corrected chi connectivity index (χ0v) is 7.60. The third-order valence-electron chi connectivity index (χ3n) is 1.35. The average molecular weight is 182 g/mol. The van der Waals surface area contributed by atoms with E-state index >= 15 is 0 Å². The van der Waals surface area contributed by atoms with Gasteiger partial charge in [-0.1, -0.05) is 0 Å². The molecule has 0 N–H and O–H groups in total. The molecule has 62 valence electrons. The maximum absolute atomic E-state index is 11.1. The predicted molar refractivity (Wildman–Crippen MR) is 47.6 cm³/mol. The Morgan fingerprint density at radius 1 is 1.58 bits per heavy atom. The molecule has 0 unspecified atom stereocenters. The van der Waals surface area contributed by atoms with E-state index in [4.69, 9.17) is 12.6 Å². The molecule has 1 rings (SSSR count). The molecule has 5 heteroatoms. The van der Waals surface area contributed by atoms with Crippen LogP contribution in [0.15, 0.2) is 5.38 Å². The molecule has 0 aliphatic rings.